The van der Waals surface area contributed by atoms with Crippen LogP contribution < -0.4 is 4.90 Å². The Hall–Kier alpha value is -2.08. The molecule has 2 aromatic carbocycles. The van der Waals surface area contributed by atoms with Gasteiger partial charge in [-0.15, -0.1) is 0 Å². The Labute approximate surface area is 122 Å². The molecule has 0 bridgehead atoms. The summed E-state index contributed by atoms with van der Waals surface area (Å²) < 4.78 is 28.8. The number of fused-ring (bicyclic) bond motifs is 2. The minimum absolute atomic E-state index is 0.0351. The number of ether oxygens (including phenoxy) is 1. The molecule has 21 heavy (non-hydrogen) atoms. The number of carbonyl (C=O) groups excluding carboxylic acids is 1. The van der Waals surface area contributed by atoms with Gasteiger partial charge in [-0.25, -0.2) is 13.2 Å². The van der Waals surface area contributed by atoms with Crippen molar-refractivity contribution in [2.24, 2.45) is 0 Å². The van der Waals surface area contributed by atoms with E-state index in [0.29, 0.717) is 5.69 Å². The molecule has 0 radical (unpaired) electrons. The molecule has 2 aromatic rings. The third kappa shape index (κ3) is 1.90. The Balaban J connectivity index is 1.86. The molecule has 5 nitrogen and oxygen atoms in total. The second-order valence-corrected chi connectivity index (χ2v) is 7.59. The van der Waals surface area contributed by atoms with Gasteiger partial charge < -0.3 is 4.74 Å². The highest BCUT2D eigenvalue weighted by atomic mass is 32.2. The van der Waals surface area contributed by atoms with E-state index < -0.39 is 28.1 Å². The van der Waals surface area contributed by atoms with Crippen molar-refractivity contribution < 1.29 is 17.9 Å². The first-order valence-corrected chi connectivity index (χ1v) is 8.55. The summed E-state index contributed by atoms with van der Waals surface area (Å²) in [6, 6.07) is 12.9. The fourth-order valence-electron chi connectivity index (χ4n) is 3.17. The molecule has 2 fully saturated rings. The van der Waals surface area contributed by atoms with Gasteiger partial charge in [-0.2, -0.15) is 0 Å². The van der Waals surface area contributed by atoms with Crippen LogP contribution in [0.4, 0.5) is 10.5 Å². The molecule has 6 heteroatoms. The van der Waals surface area contributed by atoms with E-state index in [1.54, 1.807) is 0 Å². The predicted molar refractivity (Wildman–Crippen MR) is 79.1 cm³/mol. The molecule has 0 unspecified atom stereocenters. The second kappa shape index (κ2) is 4.21. The zero-order valence-electron chi connectivity index (χ0n) is 11.1. The standard InChI is InChI=1S/C15H13NO4S/c17-15-16(13-8-21(18,19)9-14(13)20-15)12-7-3-5-10-4-1-2-6-11(10)12/h1-7,13-14H,8-9H2/t13-,14-/m0/s1. The Morgan fingerprint density at radius 3 is 2.67 bits per heavy atom. The SMILES string of the molecule is O=C1O[C@H]2CS(=O)(=O)C[C@@H]2N1c1cccc2ccccc12. The van der Waals surface area contributed by atoms with Gasteiger partial charge in [0.1, 0.15) is 6.10 Å². The summed E-state index contributed by atoms with van der Waals surface area (Å²) in [5.74, 6) is -0.114. The Bertz CT molecular complexity index is 840. The molecular formula is C15H13NO4S. The maximum Gasteiger partial charge on any atom is 0.415 e. The number of anilines is 1. The van der Waals surface area contributed by atoms with Crippen molar-refractivity contribution in [2.75, 3.05) is 16.4 Å². The monoisotopic (exact) mass is 303 g/mol. The molecule has 1 amide bonds. The van der Waals surface area contributed by atoms with E-state index >= 15 is 0 Å². The minimum atomic E-state index is -3.14. The molecule has 2 aliphatic rings. The lowest BCUT2D eigenvalue weighted by Gasteiger charge is -2.21. The molecule has 0 aliphatic carbocycles. The van der Waals surface area contributed by atoms with Crippen molar-refractivity contribution in [1.29, 1.82) is 0 Å². The van der Waals surface area contributed by atoms with E-state index in [2.05, 4.69) is 0 Å². The van der Waals surface area contributed by atoms with E-state index in [4.69, 9.17) is 4.74 Å². The molecular weight excluding hydrogens is 290 g/mol. The topological polar surface area (TPSA) is 63.7 Å². The molecule has 0 aromatic heterocycles. The van der Waals surface area contributed by atoms with Crippen molar-refractivity contribution in [3.8, 4) is 0 Å². The van der Waals surface area contributed by atoms with Crippen LogP contribution in [0.2, 0.25) is 0 Å². The number of sulfone groups is 1. The second-order valence-electron chi connectivity index (χ2n) is 5.43. The van der Waals surface area contributed by atoms with Crippen LogP contribution in [0.1, 0.15) is 0 Å². The lowest BCUT2D eigenvalue weighted by atomic mass is 10.1. The lowest BCUT2D eigenvalue weighted by molar-refractivity contribution is 0.147. The fraction of sp³-hybridized carbons (Fsp3) is 0.267. The quantitative estimate of drug-likeness (QED) is 0.808. The van der Waals surface area contributed by atoms with Crippen LogP contribution in [0.25, 0.3) is 10.8 Å². The highest BCUT2D eigenvalue weighted by Crippen LogP contribution is 2.36. The summed E-state index contributed by atoms with van der Waals surface area (Å²) in [7, 11) is -3.14. The number of nitrogens with zero attached hydrogens (tertiary/aromatic N) is 1. The molecule has 108 valence electrons. The summed E-state index contributed by atoms with van der Waals surface area (Å²) in [6.45, 7) is 0. The Morgan fingerprint density at radius 1 is 1.05 bits per heavy atom. The van der Waals surface area contributed by atoms with Gasteiger partial charge in [-0.1, -0.05) is 36.4 Å². The summed E-state index contributed by atoms with van der Waals surface area (Å²) in [6.07, 6.45) is -1.02. The predicted octanol–water partition coefficient (Wildman–Crippen LogP) is 1.96. The van der Waals surface area contributed by atoms with E-state index in [9.17, 15) is 13.2 Å². The van der Waals surface area contributed by atoms with Gasteiger partial charge >= 0.3 is 6.09 Å². The first-order chi connectivity index (χ1) is 10.1. The lowest BCUT2D eigenvalue weighted by Crippen LogP contribution is -2.36. The molecule has 2 atom stereocenters. The molecule has 0 spiro atoms. The fourth-order valence-corrected chi connectivity index (χ4v) is 4.98. The first kappa shape index (κ1) is 12.6. The smallest absolute Gasteiger partial charge is 0.415 e. The first-order valence-electron chi connectivity index (χ1n) is 6.73. The van der Waals surface area contributed by atoms with Crippen molar-refractivity contribution in [3.05, 3.63) is 42.5 Å². The molecule has 2 saturated heterocycles. The average molecular weight is 303 g/mol. The number of amides is 1. The van der Waals surface area contributed by atoms with Crippen LogP contribution in [-0.2, 0) is 14.6 Å². The third-order valence-corrected chi connectivity index (χ3v) is 5.76. The van der Waals surface area contributed by atoms with Crippen molar-refractivity contribution in [1.82, 2.24) is 0 Å². The van der Waals surface area contributed by atoms with Crippen molar-refractivity contribution >= 4 is 32.4 Å². The van der Waals surface area contributed by atoms with Gasteiger partial charge in [0, 0.05) is 5.39 Å². The van der Waals surface area contributed by atoms with Crippen LogP contribution in [0.5, 0.6) is 0 Å². The number of rotatable bonds is 1. The maximum atomic E-state index is 12.2. The minimum Gasteiger partial charge on any atom is -0.442 e. The summed E-state index contributed by atoms with van der Waals surface area (Å²) in [5, 5.41) is 1.93. The van der Waals surface area contributed by atoms with E-state index in [0.717, 1.165) is 10.8 Å². The molecule has 2 heterocycles. The zero-order valence-corrected chi connectivity index (χ0v) is 11.9. The van der Waals surface area contributed by atoms with Gasteiger partial charge in [0.25, 0.3) is 0 Å². The van der Waals surface area contributed by atoms with Crippen LogP contribution in [0.3, 0.4) is 0 Å². The Kier molecular flexibility index (Phi) is 2.53. The van der Waals surface area contributed by atoms with E-state index in [1.165, 1.54) is 4.90 Å². The van der Waals surface area contributed by atoms with Gasteiger partial charge in [0.2, 0.25) is 0 Å². The number of benzene rings is 2. The zero-order chi connectivity index (χ0) is 14.6. The van der Waals surface area contributed by atoms with Gasteiger partial charge in [-0.3, -0.25) is 4.90 Å². The van der Waals surface area contributed by atoms with E-state index in [1.807, 2.05) is 42.5 Å². The largest absolute Gasteiger partial charge is 0.442 e. The van der Waals surface area contributed by atoms with Gasteiger partial charge in [0.05, 0.1) is 23.2 Å². The van der Waals surface area contributed by atoms with Crippen LogP contribution >= 0.6 is 0 Å². The number of hydrogen-bond acceptors (Lipinski definition) is 4. The number of hydrogen-bond donors (Lipinski definition) is 0. The highest BCUT2D eigenvalue weighted by molar-refractivity contribution is 7.91. The van der Waals surface area contributed by atoms with Crippen LogP contribution in [0, 0.1) is 0 Å². The van der Waals surface area contributed by atoms with Crippen LogP contribution in [0.15, 0.2) is 42.5 Å². The summed E-state index contributed by atoms with van der Waals surface area (Å²) in [5.41, 5.74) is 0.711. The van der Waals surface area contributed by atoms with Crippen molar-refractivity contribution in [3.63, 3.8) is 0 Å². The van der Waals surface area contributed by atoms with Crippen molar-refractivity contribution in [2.45, 2.75) is 12.1 Å². The number of carbonyl (C=O) groups is 1. The van der Waals surface area contributed by atoms with Gasteiger partial charge in [-0.05, 0) is 11.5 Å². The molecule has 2 aliphatic heterocycles. The molecule has 0 N–H and O–H groups in total. The third-order valence-electron chi connectivity index (χ3n) is 4.08. The van der Waals surface area contributed by atoms with Gasteiger partial charge in [0.15, 0.2) is 9.84 Å². The summed E-state index contributed by atoms with van der Waals surface area (Å²) in [4.78, 5) is 13.6. The van der Waals surface area contributed by atoms with Crippen LogP contribution in [-0.4, -0.2) is 38.2 Å². The highest BCUT2D eigenvalue weighted by Gasteiger charge is 2.51. The summed E-state index contributed by atoms with van der Waals surface area (Å²) >= 11 is 0. The maximum absolute atomic E-state index is 12.2. The Morgan fingerprint density at radius 2 is 1.81 bits per heavy atom. The van der Waals surface area contributed by atoms with E-state index in [-0.39, 0.29) is 11.5 Å². The molecule has 4 rings (SSSR count). The molecule has 0 saturated carbocycles. The normalized spacial score (nSPS) is 26.9. The average Bonchev–Trinajstić information content (AvgIpc) is 2.88.